The van der Waals surface area contributed by atoms with Gasteiger partial charge in [-0.15, -0.1) is 0 Å². The Morgan fingerprint density at radius 2 is 1.79 bits per heavy atom. The molecular weight excluding hydrogens is 298 g/mol. The van der Waals surface area contributed by atoms with Crippen LogP contribution in [-0.2, 0) is 6.54 Å². The summed E-state index contributed by atoms with van der Waals surface area (Å²) >= 11 is 0. The average molecular weight is 323 g/mol. The molecule has 4 heteroatoms. The van der Waals surface area contributed by atoms with Crippen LogP contribution in [0.25, 0.3) is 0 Å². The average Bonchev–Trinajstić information content (AvgIpc) is 2.59. The number of nitrogens with zero attached hydrogens (tertiary/aromatic N) is 1. The van der Waals surface area contributed by atoms with E-state index >= 15 is 0 Å². The molecule has 3 rings (SSSR count). The maximum absolute atomic E-state index is 12.3. The number of piperidine rings is 1. The molecule has 1 saturated heterocycles. The van der Waals surface area contributed by atoms with Crippen molar-refractivity contribution in [2.75, 3.05) is 18.8 Å². The molecule has 1 aliphatic heterocycles. The van der Waals surface area contributed by atoms with Crippen LogP contribution in [0.5, 0.6) is 0 Å². The van der Waals surface area contributed by atoms with Gasteiger partial charge in [-0.05, 0) is 43.0 Å². The summed E-state index contributed by atoms with van der Waals surface area (Å²) in [5.41, 5.74) is 9.71. The second-order valence-corrected chi connectivity index (χ2v) is 6.54. The zero-order valence-electron chi connectivity index (χ0n) is 14.2. The molecule has 0 aromatic heterocycles. The zero-order valence-corrected chi connectivity index (χ0v) is 14.2. The SMILES string of the molecule is Cc1ccccc1CN1CCC(NC(=O)c2ccccc2N)CC1. The van der Waals surface area contributed by atoms with E-state index in [1.54, 1.807) is 12.1 Å². The first-order valence-corrected chi connectivity index (χ1v) is 8.55. The second-order valence-electron chi connectivity index (χ2n) is 6.54. The Bertz CT molecular complexity index is 706. The maximum atomic E-state index is 12.3. The number of aryl methyl sites for hydroxylation is 1. The molecule has 0 spiro atoms. The number of para-hydroxylation sites is 1. The molecule has 24 heavy (non-hydrogen) atoms. The van der Waals surface area contributed by atoms with Gasteiger partial charge in [-0.3, -0.25) is 9.69 Å². The molecule has 2 aromatic rings. The second kappa shape index (κ2) is 7.49. The number of anilines is 1. The first-order chi connectivity index (χ1) is 11.6. The third-order valence-corrected chi connectivity index (χ3v) is 4.78. The zero-order chi connectivity index (χ0) is 16.9. The Kier molecular flexibility index (Phi) is 5.16. The van der Waals surface area contributed by atoms with Crippen molar-refractivity contribution in [3.8, 4) is 0 Å². The van der Waals surface area contributed by atoms with Gasteiger partial charge in [0.1, 0.15) is 0 Å². The number of nitrogens with two attached hydrogens (primary N) is 1. The molecule has 1 fully saturated rings. The van der Waals surface area contributed by atoms with E-state index in [2.05, 4.69) is 41.4 Å². The summed E-state index contributed by atoms with van der Waals surface area (Å²) in [6, 6.07) is 16.0. The van der Waals surface area contributed by atoms with Crippen molar-refractivity contribution in [1.82, 2.24) is 10.2 Å². The van der Waals surface area contributed by atoms with Gasteiger partial charge >= 0.3 is 0 Å². The smallest absolute Gasteiger partial charge is 0.253 e. The van der Waals surface area contributed by atoms with Gasteiger partial charge in [-0.1, -0.05) is 36.4 Å². The summed E-state index contributed by atoms with van der Waals surface area (Å²) in [4.78, 5) is 14.8. The number of likely N-dealkylation sites (tertiary alicyclic amines) is 1. The van der Waals surface area contributed by atoms with E-state index in [9.17, 15) is 4.79 Å². The van der Waals surface area contributed by atoms with E-state index in [1.165, 1.54) is 11.1 Å². The number of nitrogen functional groups attached to an aromatic ring is 1. The maximum Gasteiger partial charge on any atom is 0.253 e. The molecule has 0 radical (unpaired) electrons. The Hall–Kier alpha value is -2.33. The van der Waals surface area contributed by atoms with Crippen LogP contribution in [0.4, 0.5) is 5.69 Å². The predicted molar refractivity (Wildman–Crippen MR) is 97.8 cm³/mol. The molecule has 1 heterocycles. The number of benzene rings is 2. The lowest BCUT2D eigenvalue weighted by molar-refractivity contribution is 0.0910. The van der Waals surface area contributed by atoms with E-state index in [1.807, 2.05) is 12.1 Å². The fraction of sp³-hybridized carbons (Fsp3) is 0.350. The van der Waals surface area contributed by atoms with Crippen LogP contribution < -0.4 is 11.1 Å². The molecule has 0 unspecified atom stereocenters. The molecule has 4 nitrogen and oxygen atoms in total. The normalized spacial score (nSPS) is 16.0. The van der Waals surface area contributed by atoms with Crippen molar-refractivity contribution in [2.45, 2.75) is 32.4 Å². The fourth-order valence-electron chi connectivity index (χ4n) is 3.23. The highest BCUT2D eigenvalue weighted by atomic mass is 16.1. The van der Waals surface area contributed by atoms with Gasteiger partial charge in [0, 0.05) is 31.4 Å². The molecule has 1 aliphatic rings. The van der Waals surface area contributed by atoms with Crippen LogP contribution in [0.3, 0.4) is 0 Å². The Labute approximate surface area is 143 Å². The number of amides is 1. The lowest BCUT2D eigenvalue weighted by Gasteiger charge is -2.32. The molecule has 0 aliphatic carbocycles. The summed E-state index contributed by atoms with van der Waals surface area (Å²) < 4.78 is 0. The molecule has 0 saturated carbocycles. The van der Waals surface area contributed by atoms with E-state index in [0.717, 1.165) is 32.5 Å². The van der Waals surface area contributed by atoms with E-state index in [-0.39, 0.29) is 11.9 Å². The van der Waals surface area contributed by atoms with Crippen LogP contribution in [0.15, 0.2) is 48.5 Å². The van der Waals surface area contributed by atoms with Crippen molar-refractivity contribution in [3.63, 3.8) is 0 Å². The monoisotopic (exact) mass is 323 g/mol. The highest BCUT2D eigenvalue weighted by molar-refractivity contribution is 5.99. The Morgan fingerprint density at radius 3 is 2.50 bits per heavy atom. The van der Waals surface area contributed by atoms with Crippen LogP contribution in [0.2, 0.25) is 0 Å². The standard InChI is InChI=1S/C20H25N3O/c1-15-6-2-3-7-16(15)14-23-12-10-17(11-13-23)22-20(24)18-8-4-5-9-19(18)21/h2-9,17H,10-14,21H2,1H3,(H,22,24). The third-order valence-electron chi connectivity index (χ3n) is 4.78. The van der Waals surface area contributed by atoms with Crippen LogP contribution in [-0.4, -0.2) is 29.9 Å². The number of hydrogen-bond acceptors (Lipinski definition) is 3. The first-order valence-electron chi connectivity index (χ1n) is 8.55. The molecule has 3 N–H and O–H groups in total. The highest BCUT2D eigenvalue weighted by Gasteiger charge is 2.22. The van der Waals surface area contributed by atoms with Gasteiger partial charge in [0.2, 0.25) is 0 Å². The van der Waals surface area contributed by atoms with Gasteiger partial charge < -0.3 is 11.1 Å². The van der Waals surface area contributed by atoms with Gasteiger partial charge in [-0.25, -0.2) is 0 Å². The van der Waals surface area contributed by atoms with E-state index < -0.39 is 0 Å². The lowest BCUT2D eigenvalue weighted by atomic mass is 10.0. The third kappa shape index (κ3) is 3.95. The van der Waals surface area contributed by atoms with Crippen LogP contribution >= 0.6 is 0 Å². The minimum absolute atomic E-state index is 0.0644. The van der Waals surface area contributed by atoms with Crippen molar-refractivity contribution in [2.24, 2.45) is 0 Å². The quantitative estimate of drug-likeness (QED) is 0.851. The molecular formula is C20H25N3O. The van der Waals surface area contributed by atoms with E-state index in [4.69, 9.17) is 5.73 Å². The number of hydrogen-bond donors (Lipinski definition) is 2. The molecule has 126 valence electrons. The van der Waals surface area contributed by atoms with Crippen molar-refractivity contribution in [3.05, 3.63) is 65.2 Å². The van der Waals surface area contributed by atoms with Crippen LogP contribution in [0, 0.1) is 6.92 Å². The summed E-state index contributed by atoms with van der Waals surface area (Å²) in [6.45, 7) is 5.15. The minimum atomic E-state index is -0.0644. The number of rotatable bonds is 4. The number of carbonyl (C=O) groups excluding carboxylic acids is 1. The number of nitrogens with one attached hydrogen (secondary N) is 1. The Balaban J connectivity index is 1.51. The van der Waals surface area contributed by atoms with Crippen molar-refractivity contribution in [1.29, 1.82) is 0 Å². The summed E-state index contributed by atoms with van der Waals surface area (Å²) in [5, 5.41) is 3.13. The highest BCUT2D eigenvalue weighted by Crippen LogP contribution is 2.17. The predicted octanol–water partition coefficient (Wildman–Crippen LogP) is 2.97. The lowest BCUT2D eigenvalue weighted by Crippen LogP contribution is -2.44. The largest absolute Gasteiger partial charge is 0.398 e. The van der Waals surface area contributed by atoms with Crippen molar-refractivity contribution < 1.29 is 4.79 Å². The Morgan fingerprint density at radius 1 is 1.12 bits per heavy atom. The molecule has 0 bridgehead atoms. The summed E-state index contributed by atoms with van der Waals surface area (Å²) in [6.07, 6.45) is 1.95. The van der Waals surface area contributed by atoms with Gasteiger partial charge in [0.05, 0.1) is 5.56 Å². The summed E-state index contributed by atoms with van der Waals surface area (Å²) in [7, 11) is 0. The van der Waals surface area contributed by atoms with Crippen LogP contribution in [0.1, 0.15) is 34.3 Å². The number of carbonyl (C=O) groups is 1. The summed E-state index contributed by atoms with van der Waals surface area (Å²) in [5.74, 6) is -0.0644. The van der Waals surface area contributed by atoms with Gasteiger partial charge in [0.25, 0.3) is 5.91 Å². The van der Waals surface area contributed by atoms with Gasteiger partial charge in [-0.2, -0.15) is 0 Å². The first kappa shape index (κ1) is 16.5. The van der Waals surface area contributed by atoms with Crippen molar-refractivity contribution >= 4 is 11.6 Å². The topological polar surface area (TPSA) is 58.4 Å². The molecule has 0 atom stereocenters. The van der Waals surface area contributed by atoms with Gasteiger partial charge in [0.15, 0.2) is 0 Å². The molecule has 1 amide bonds. The minimum Gasteiger partial charge on any atom is -0.398 e. The fourth-order valence-corrected chi connectivity index (χ4v) is 3.23. The molecule has 2 aromatic carbocycles. The van der Waals surface area contributed by atoms with E-state index in [0.29, 0.717) is 11.3 Å².